The summed E-state index contributed by atoms with van der Waals surface area (Å²) >= 11 is 0. The van der Waals surface area contributed by atoms with Crippen LogP contribution in [0.5, 0.6) is 0 Å². The van der Waals surface area contributed by atoms with E-state index < -0.39 is 0 Å². The van der Waals surface area contributed by atoms with Crippen molar-refractivity contribution in [3.05, 3.63) is 47.0 Å². The van der Waals surface area contributed by atoms with E-state index in [0.29, 0.717) is 0 Å². The van der Waals surface area contributed by atoms with Gasteiger partial charge in [0, 0.05) is 12.8 Å². The summed E-state index contributed by atoms with van der Waals surface area (Å²) in [4.78, 5) is 0. The van der Waals surface area contributed by atoms with Gasteiger partial charge in [-0.25, -0.2) is 0 Å². The largest absolute Gasteiger partial charge is 0.394 e. The van der Waals surface area contributed by atoms with Crippen LogP contribution in [0.3, 0.4) is 0 Å². The van der Waals surface area contributed by atoms with Crippen molar-refractivity contribution in [2.75, 3.05) is 6.61 Å². The second kappa shape index (κ2) is 5.13. The molecule has 0 amide bonds. The van der Waals surface area contributed by atoms with Crippen LogP contribution in [0.25, 0.3) is 0 Å². The molecule has 2 aromatic rings. The third-order valence-electron chi connectivity index (χ3n) is 3.83. The summed E-state index contributed by atoms with van der Waals surface area (Å²) in [5.74, 6) is 1.99. The average molecular weight is 257 g/mol. The van der Waals surface area contributed by atoms with E-state index in [0.717, 1.165) is 37.3 Å². The molecule has 19 heavy (non-hydrogen) atoms. The van der Waals surface area contributed by atoms with Gasteiger partial charge < -0.3 is 9.67 Å². The van der Waals surface area contributed by atoms with Crippen molar-refractivity contribution < 1.29 is 5.11 Å². The Kier molecular flexibility index (Phi) is 3.34. The lowest BCUT2D eigenvalue weighted by Gasteiger charge is -2.24. The predicted molar refractivity (Wildman–Crippen MR) is 73.1 cm³/mol. The normalized spacial score (nSPS) is 18.3. The van der Waals surface area contributed by atoms with Crippen LogP contribution < -0.4 is 0 Å². The molecule has 4 heteroatoms. The molecular weight excluding hydrogens is 238 g/mol. The number of hydrogen-bond donors (Lipinski definition) is 1. The number of fused-ring (bicyclic) bond motifs is 1. The molecule has 1 atom stereocenters. The Bertz CT molecular complexity index is 559. The smallest absolute Gasteiger partial charge is 0.137 e. The van der Waals surface area contributed by atoms with Gasteiger partial charge in [0.25, 0.3) is 0 Å². The zero-order chi connectivity index (χ0) is 13.2. The fourth-order valence-electron chi connectivity index (χ4n) is 2.76. The van der Waals surface area contributed by atoms with Gasteiger partial charge in [0.1, 0.15) is 11.6 Å². The first-order chi connectivity index (χ1) is 9.28. The van der Waals surface area contributed by atoms with Gasteiger partial charge in [-0.2, -0.15) is 0 Å². The van der Waals surface area contributed by atoms with Crippen LogP contribution in [-0.4, -0.2) is 26.5 Å². The number of aliphatic hydroxyl groups excluding tert-OH is 1. The Morgan fingerprint density at radius 2 is 2.05 bits per heavy atom. The summed E-state index contributed by atoms with van der Waals surface area (Å²) in [5, 5.41) is 18.1. The second-order valence-electron chi connectivity index (χ2n) is 5.29. The fourth-order valence-corrected chi connectivity index (χ4v) is 2.76. The van der Waals surface area contributed by atoms with E-state index in [2.05, 4.69) is 46.0 Å². The van der Waals surface area contributed by atoms with Gasteiger partial charge in [-0.15, -0.1) is 10.2 Å². The van der Waals surface area contributed by atoms with Gasteiger partial charge in [-0.05, 0) is 25.3 Å². The molecule has 2 heterocycles. The van der Waals surface area contributed by atoms with Crippen LogP contribution in [0.2, 0.25) is 0 Å². The van der Waals surface area contributed by atoms with Crippen molar-refractivity contribution in [1.29, 1.82) is 0 Å². The maximum atomic E-state index is 9.51. The molecule has 0 saturated heterocycles. The lowest BCUT2D eigenvalue weighted by atomic mass is 10.0. The van der Waals surface area contributed by atoms with Crippen molar-refractivity contribution in [2.45, 2.75) is 38.6 Å². The molecule has 1 aromatic heterocycles. The number of aromatic nitrogens is 3. The molecule has 1 unspecified atom stereocenters. The number of aryl methyl sites for hydroxylation is 2. The first-order valence-corrected chi connectivity index (χ1v) is 6.87. The molecule has 0 aliphatic carbocycles. The number of hydrogen-bond acceptors (Lipinski definition) is 3. The first-order valence-electron chi connectivity index (χ1n) is 6.87. The zero-order valence-electron chi connectivity index (χ0n) is 11.2. The van der Waals surface area contributed by atoms with Gasteiger partial charge >= 0.3 is 0 Å². The molecule has 1 aromatic carbocycles. The van der Waals surface area contributed by atoms with E-state index in [4.69, 9.17) is 0 Å². The summed E-state index contributed by atoms with van der Waals surface area (Å²) in [6.45, 7) is 2.26. The molecule has 0 fully saturated rings. The van der Waals surface area contributed by atoms with Crippen molar-refractivity contribution in [3.8, 4) is 0 Å². The molecule has 1 aliphatic rings. The highest BCUT2D eigenvalue weighted by molar-refractivity contribution is 5.24. The standard InChI is InChI=1S/C15H19N3O/c1-11-5-7-12(8-6-11)9-15-17-16-14-4-2-3-13(10-19)18(14)15/h5-8,13,19H,2-4,9-10H2,1H3. The Labute approximate surface area is 113 Å². The van der Waals surface area contributed by atoms with E-state index >= 15 is 0 Å². The number of benzene rings is 1. The summed E-state index contributed by atoms with van der Waals surface area (Å²) in [6, 6.07) is 8.65. The molecule has 0 spiro atoms. The number of aliphatic hydroxyl groups is 1. The Hall–Kier alpha value is -1.68. The highest BCUT2D eigenvalue weighted by Crippen LogP contribution is 2.25. The van der Waals surface area contributed by atoms with Crippen molar-refractivity contribution in [3.63, 3.8) is 0 Å². The first kappa shape index (κ1) is 12.4. The minimum atomic E-state index is 0.152. The van der Waals surface area contributed by atoms with Gasteiger partial charge in [0.05, 0.1) is 12.6 Å². The van der Waals surface area contributed by atoms with E-state index in [1.807, 2.05) is 0 Å². The minimum Gasteiger partial charge on any atom is -0.394 e. The Morgan fingerprint density at radius 1 is 1.26 bits per heavy atom. The number of rotatable bonds is 3. The summed E-state index contributed by atoms with van der Waals surface area (Å²) in [7, 11) is 0. The molecular formula is C15H19N3O. The van der Waals surface area contributed by atoms with Crippen LogP contribution in [0.4, 0.5) is 0 Å². The zero-order valence-corrected chi connectivity index (χ0v) is 11.2. The van der Waals surface area contributed by atoms with Crippen LogP contribution in [0.15, 0.2) is 24.3 Å². The van der Waals surface area contributed by atoms with Gasteiger partial charge in [-0.1, -0.05) is 29.8 Å². The van der Waals surface area contributed by atoms with Crippen molar-refractivity contribution >= 4 is 0 Å². The number of nitrogens with zero attached hydrogens (tertiary/aromatic N) is 3. The monoisotopic (exact) mass is 257 g/mol. The quantitative estimate of drug-likeness (QED) is 0.915. The minimum absolute atomic E-state index is 0.152. The van der Waals surface area contributed by atoms with Gasteiger partial charge in [-0.3, -0.25) is 0 Å². The second-order valence-corrected chi connectivity index (χ2v) is 5.29. The molecule has 0 radical (unpaired) electrons. The van der Waals surface area contributed by atoms with E-state index in [-0.39, 0.29) is 12.6 Å². The van der Waals surface area contributed by atoms with E-state index in [1.54, 1.807) is 0 Å². The maximum Gasteiger partial charge on any atom is 0.137 e. The third-order valence-corrected chi connectivity index (χ3v) is 3.83. The Morgan fingerprint density at radius 3 is 2.79 bits per heavy atom. The fraction of sp³-hybridized carbons (Fsp3) is 0.467. The Balaban J connectivity index is 1.89. The molecule has 1 N–H and O–H groups in total. The highest BCUT2D eigenvalue weighted by atomic mass is 16.3. The highest BCUT2D eigenvalue weighted by Gasteiger charge is 2.23. The molecule has 100 valence electrons. The SMILES string of the molecule is Cc1ccc(Cc2nnc3n2C(CO)CCC3)cc1. The third kappa shape index (κ3) is 2.40. The van der Waals surface area contributed by atoms with E-state index in [9.17, 15) is 5.11 Å². The lowest BCUT2D eigenvalue weighted by Crippen LogP contribution is -2.23. The predicted octanol–water partition coefficient (Wildman–Crippen LogP) is 2.05. The lowest BCUT2D eigenvalue weighted by molar-refractivity contribution is 0.203. The average Bonchev–Trinajstić information content (AvgIpc) is 2.85. The summed E-state index contributed by atoms with van der Waals surface area (Å²) < 4.78 is 2.14. The molecule has 1 aliphatic heterocycles. The van der Waals surface area contributed by atoms with Crippen LogP contribution in [0, 0.1) is 6.92 Å². The molecule has 0 bridgehead atoms. The van der Waals surface area contributed by atoms with Crippen molar-refractivity contribution in [2.24, 2.45) is 0 Å². The van der Waals surface area contributed by atoms with Gasteiger partial charge in [0.2, 0.25) is 0 Å². The van der Waals surface area contributed by atoms with Crippen LogP contribution >= 0.6 is 0 Å². The van der Waals surface area contributed by atoms with E-state index in [1.165, 1.54) is 11.1 Å². The van der Waals surface area contributed by atoms with Gasteiger partial charge in [0.15, 0.2) is 0 Å². The molecule has 3 rings (SSSR count). The van der Waals surface area contributed by atoms with Crippen LogP contribution in [0.1, 0.15) is 41.7 Å². The summed E-state index contributed by atoms with van der Waals surface area (Å²) in [5.41, 5.74) is 2.50. The summed E-state index contributed by atoms with van der Waals surface area (Å²) in [6.07, 6.45) is 3.86. The topological polar surface area (TPSA) is 50.9 Å². The maximum absolute atomic E-state index is 9.51. The molecule has 0 saturated carbocycles. The van der Waals surface area contributed by atoms with Crippen molar-refractivity contribution in [1.82, 2.24) is 14.8 Å². The van der Waals surface area contributed by atoms with Crippen LogP contribution in [-0.2, 0) is 12.8 Å². The molecule has 4 nitrogen and oxygen atoms in total.